The Morgan fingerprint density at radius 1 is 1.29 bits per heavy atom. The van der Waals surface area contributed by atoms with Gasteiger partial charge in [-0.15, -0.1) is 0 Å². The number of halogens is 1. The number of thioether (sulfide) groups is 1. The van der Waals surface area contributed by atoms with Gasteiger partial charge in [0, 0.05) is 16.4 Å². The van der Waals surface area contributed by atoms with Gasteiger partial charge in [0.25, 0.3) is 9.05 Å². The molecule has 17 heavy (non-hydrogen) atoms. The summed E-state index contributed by atoms with van der Waals surface area (Å²) in [4.78, 5) is 0.177. The first-order chi connectivity index (χ1) is 7.86. The molecule has 0 radical (unpaired) electrons. The van der Waals surface area contributed by atoms with Crippen molar-refractivity contribution in [2.75, 3.05) is 18.6 Å². The van der Waals surface area contributed by atoms with Crippen molar-refractivity contribution < 1.29 is 13.2 Å². The van der Waals surface area contributed by atoms with Crippen LogP contribution in [0.25, 0.3) is 0 Å². The number of benzene rings is 1. The topological polar surface area (TPSA) is 43.4 Å². The van der Waals surface area contributed by atoms with Crippen LogP contribution in [0.1, 0.15) is 11.1 Å². The molecule has 0 atom stereocenters. The van der Waals surface area contributed by atoms with E-state index >= 15 is 0 Å². The predicted molar refractivity (Wildman–Crippen MR) is 72.8 cm³/mol. The van der Waals surface area contributed by atoms with E-state index in [-0.39, 0.29) is 4.90 Å². The van der Waals surface area contributed by atoms with Gasteiger partial charge in [-0.3, -0.25) is 0 Å². The van der Waals surface area contributed by atoms with Gasteiger partial charge in [-0.1, -0.05) is 0 Å². The quantitative estimate of drug-likeness (QED) is 0.618. The maximum absolute atomic E-state index is 11.4. The van der Waals surface area contributed by atoms with E-state index in [0.29, 0.717) is 23.5 Å². The van der Waals surface area contributed by atoms with Crippen LogP contribution in [0.3, 0.4) is 0 Å². The molecule has 0 saturated heterocycles. The van der Waals surface area contributed by atoms with Crippen LogP contribution in [0.15, 0.2) is 17.0 Å². The van der Waals surface area contributed by atoms with Crippen LogP contribution in [0, 0.1) is 13.8 Å². The summed E-state index contributed by atoms with van der Waals surface area (Å²) in [6.45, 7) is 4.03. The number of hydrogen-bond donors (Lipinski definition) is 0. The second kappa shape index (κ2) is 5.98. The summed E-state index contributed by atoms with van der Waals surface area (Å²) < 4.78 is 28.3. The lowest BCUT2D eigenvalue weighted by Gasteiger charge is -2.11. The van der Waals surface area contributed by atoms with Crippen LogP contribution >= 0.6 is 22.4 Å². The molecule has 0 aliphatic rings. The van der Waals surface area contributed by atoms with Crippen molar-refractivity contribution >= 4 is 31.5 Å². The van der Waals surface area contributed by atoms with Crippen molar-refractivity contribution in [2.45, 2.75) is 18.7 Å². The third-order valence-corrected chi connectivity index (χ3v) is 4.40. The zero-order chi connectivity index (χ0) is 13.1. The number of ether oxygens (including phenoxy) is 1. The first-order valence-corrected chi connectivity index (χ1v) is 8.74. The first kappa shape index (κ1) is 14.7. The molecule has 3 nitrogen and oxygen atoms in total. The number of hydrogen-bond acceptors (Lipinski definition) is 4. The molecule has 0 spiro atoms. The highest BCUT2D eigenvalue weighted by molar-refractivity contribution is 8.13. The minimum atomic E-state index is -3.69. The maximum atomic E-state index is 11.4. The Labute approximate surface area is 111 Å². The summed E-state index contributed by atoms with van der Waals surface area (Å²) in [5, 5.41) is 0. The van der Waals surface area contributed by atoms with E-state index in [4.69, 9.17) is 15.4 Å². The van der Waals surface area contributed by atoms with Crippen LogP contribution < -0.4 is 4.74 Å². The smallest absolute Gasteiger partial charge is 0.261 e. The summed E-state index contributed by atoms with van der Waals surface area (Å²) in [6, 6.07) is 3.39. The molecule has 0 aliphatic heterocycles. The normalized spacial score (nSPS) is 11.5. The SMILES string of the molecule is CSCCOc1cc(C)c(S(=O)(=O)Cl)c(C)c1. The zero-order valence-corrected chi connectivity index (χ0v) is 12.4. The van der Waals surface area contributed by atoms with Crippen molar-refractivity contribution in [3.8, 4) is 5.75 Å². The molecule has 0 N–H and O–H groups in total. The van der Waals surface area contributed by atoms with Gasteiger partial charge in [0.15, 0.2) is 0 Å². The molecular formula is C11H15ClO3S2. The molecule has 0 bridgehead atoms. The van der Waals surface area contributed by atoms with E-state index in [9.17, 15) is 8.42 Å². The third kappa shape index (κ3) is 4.08. The largest absolute Gasteiger partial charge is 0.493 e. The van der Waals surface area contributed by atoms with Gasteiger partial charge in [-0.05, 0) is 43.4 Å². The molecule has 1 aromatic rings. The Morgan fingerprint density at radius 3 is 2.24 bits per heavy atom. The van der Waals surface area contributed by atoms with Crippen molar-refractivity contribution in [1.29, 1.82) is 0 Å². The third-order valence-electron chi connectivity index (χ3n) is 2.23. The summed E-state index contributed by atoms with van der Waals surface area (Å²) in [5.41, 5.74) is 1.22. The van der Waals surface area contributed by atoms with Crippen molar-refractivity contribution in [3.63, 3.8) is 0 Å². The highest BCUT2D eigenvalue weighted by Crippen LogP contribution is 2.28. The van der Waals surface area contributed by atoms with Gasteiger partial charge in [-0.2, -0.15) is 11.8 Å². The number of rotatable bonds is 5. The fourth-order valence-electron chi connectivity index (χ4n) is 1.62. The molecule has 0 unspecified atom stereocenters. The van der Waals surface area contributed by atoms with E-state index in [1.54, 1.807) is 37.7 Å². The molecule has 1 rings (SSSR count). The molecule has 6 heteroatoms. The van der Waals surface area contributed by atoms with Gasteiger partial charge in [0.05, 0.1) is 11.5 Å². The van der Waals surface area contributed by atoms with E-state index in [1.807, 2.05) is 6.26 Å². The molecule has 96 valence electrons. The minimum absolute atomic E-state index is 0.177. The second-order valence-corrected chi connectivity index (χ2v) is 7.15. The molecule has 1 aromatic carbocycles. The summed E-state index contributed by atoms with van der Waals surface area (Å²) in [5.74, 6) is 1.58. The van der Waals surface area contributed by atoms with Crippen LogP contribution in [0.4, 0.5) is 0 Å². The zero-order valence-electron chi connectivity index (χ0n) is 9.99. The molecule has 0 heterocycles. The Morgan fingerprint density at radius 2 is 1.82 bits per heavy atom. The van der Waals surface area contributed by atoms with Crippen molar-refractivity contribution in [1.82, 2.24) is 0 Å². The van der Waals surface area contributed by atoms with E-state index < -0.39 is 9.05 Å². The van der Waals surface area contributed by atoms with E-state index in [1.165, 1.54) is 0 Å². The fourth-order valence-corrected chi connectivity index (χ4v) is 3.49. The molecular weight excluding hydrogens is 280 g/mol. The monoisotopic (exact) mass is 294 g/mol. The maximum Gasteiger partial charge on any atom is 0.261 e. The Balaban J connectivity index is 3.02. The minimum Gasteiger partial charge on any atom is -0.493 e. The van der Waals surface area contributed by atoms with Crippen LogP contribution in [-0.4, -0.2) is 27.0 Å². The first-order valence-electron chi connectivity index (χ1n) is 5.04. The molecule has 0 fully saturated rings. The Bertz CT molecular complexity index is 474. The molecule has 0 amide bonds. The summed E-state index contributed by atoms with van der Waals surface area (Å²) >= 11 is 1.69. The van der Waals surface area contributed by atoms with Crippen LogP contribution in [-0.2, 0) is 9.05 Å². The lowest BCUT2D eigenvalue weighted by Crippen LogP contribution is -2.03. The van der Waals surface area contributed by atoms with Crippen molar-refractivity contribution in [2.24, 2.45) is 0 Å². The number of aryl methyl sites for hydroxylation is 2. The lowest BCUT2D eigenvalue weighted by molar-refractivity contribution is 0.343. The van der Waals surface area contributed by atoms with Gasteiger partial charge >= 0.3 is 0 Å². The summed E-state index contributed by atoms with van der Waals surface area (Å²) in [6.07, 6.45) is 2.00. The Kier molecular flexibility index (Phi) is 5.16. The molecule has 0 saturated carbocycles. The average molecular weight is 295 g/mol. The molecule has 0 aromatic heterocycles. The van der Waals surface area contributed by atoms with Gasteiger partial charge in [-0.25, -0.2) is 8.42 Å². The van der Waals surface area contributed by atoms with Crippen LogP contribution in [0.5, 0.6) is 5.75 Å². The highest BCUT2D eigenvalue weighted by Gasteiger charge is 2.17. The van der Waals surface area contributed by atoms with Crippen LogP contribution in [0.2, 0.25) is 0 Å². The highest BCUT2D eigenvalue weighted by atomic mass is 35.7. The van der Waals surface area contributed by atoms with E-state index in [2.05, 4.69) is 0 Å². The van der Waals surface area contributed by atoms with Gasteiger partial charge in [0.1, 0.15) is 5.75 Å². The average Bonchev–Trinajstić information content (AvgIpc) is 2.14. The van der Waals surface area contributed by atoms with Gasteiger partial charge in [0.2, 0.25) is 0 Å². The second-order valence-electron chi connectivity index (χ2n) is 3.67. The lowest BCUT2D eigenvalue weighted by atomic mass is 10.1. The standard InChI is InChI=1S/C11H15ClO3S2/c1-8-6-10(15-4-5-16-3)7-9(2)11(8)17(12,13)14/h6-7H,4-5H2,1-3H3. The van der Waals surface area contributed by atoms with E-state index in [0.717, 1.165) is 5.75 Å². The fraction of sp³-hybridized carbons (Fsp3) is 0.455. The van der Waals surface area contributed by atoms with Gasteiger partial charge < -0.3 is 4.74 Å². The Hall–Kier alpha value is -0.390. The van der Waals surface area contributed by atoms with Crippen molar-refractivity contribution in [3.05, 3.63) is 23.3 Å². The molecule has 0 aliphatic carbocycles. The summed E-state index contributed by atoms with van der Waals surface area (Å²) in [7, 11) is 1.68. The predicted octanol–water partition coefficient (Wildman–Crippen LogP) is 2.97.